The van der Waals surface area contributed by atoms with Crippen molar-refractivity contribution in [2.75, 3.05) is 26.2 Å². The van der Waals surface area contributed by atoms with E-state index >= 15 is 4.79 Å². The van der Waals surface area contributed by atoms with Crippen LogP contribution in [-0.4, -0.2) is 161 Å². The zero-order valence-electron chi connectivity index (χ0n) is 57.3. The number of benzene rings is 1. The smallest absolute Gasteiger partial charge is 0.262 e. The van der Waals surface area contributed by atoms with Crippen LogP contribution in [0.1, 0.15) is 185 Å². The van der Waals surface area contributed by atoms with Gasteiger partial charge in [-0.15, -0.1) is 22.7 Å². The topological polar surface area (TPSA) is 390 Å². The van der Waals surface area contributed by atoms with E-state index in [1.807, 2.05) is 59.7 Å². The molecule has 524 valence electrons. The second kappa shape index (κ2) is 34.6. The van der Waals surface area contributed by atoms with E-state index in [9.17, 15) is 43.2 Å². The van der Waals surface area contributed by atoms with Crippen molar-refractivity contribution >= 4 is 105 Å². The number of Topliss-reactive ketones (excluding diaryl/α,β-unsaturated/α-hetero) is 1. The van der Waals surface area contributed by atoms with Crippen LogP contribution in [0.15, 0.2) is 52.4 Å². The van der Waals surface area contributed by atoms with Gasteiger partial charge in [-0.2, -0.15) is 0 Å². The maximum atomic E-state index is 15.1. The molecule has 4 aliphatic rings. The van der Waals surface area contributed by atoms with E-state index in [4.69, 9.17) is 22.9 Å². The van der Waals surface area contributed by atoms with Crippen LogP contribution in [0.5, 0.6) is 0 Å². The Kier molecular flexibility index (Phi) is 27.1. The molecule has 9 amide bonds. The Bertz CT molecular complexity index is 3400. The van der Waals surface area contributed by atoms with E-state index in [1.54, 1.807) is 56.9 Å². The number of aliphatic imine (C=N–C) groups is 2. The minimum atomic E-state index is -1.26. The molecule has 2 fully saturated rings. The van der Waals surface area contributed by atoms with E-state index in [1.165, 1.54) is 27.6 Å². The number of amides is 9. The fraction of sp³-hybridized carbons (Fsp3) is 0.594. The van der Waals surface area contributed by atoms with Gasteiger partial charge in [0.15, 0.2) is 17.7 Å². The van der Waals surface area contributed by atoms with Crippen LogP contribution in [0, 0.1) is 37.5 Å². The summed E-state index contributed by atoms with van der Waals surface area (Å²) in [7, 11) is 0. The number of allylic oxidation sites excluding steroid dienone is 2. The minimum Gasteiger partial charge on any atom is -0.370 e. The summed E-state index contributed by atoms with van der Waals surface area (Å²) in [5.74, 6) is -7.40. The lowest BCUT2D eigenvalue weighted by molar-refractivity contribution is -0.143. The summed E-state index contributed by atoms with van der Waals surface area (Å²) in [5.41, 5.74) is 27.2. The Labute approximate surface area is 571 Å². The molecule has 1 aromatic carbocycles. The SMILES string of the molecule is Cc1sc2cc1C1=C(CCC1)c1cc(sc1C)C(=O)[C@H]1CCCN1C(=O)[C@H](CC(C)C)NC(=O)[C@H](CCCN=C(N)N)NC(=O)[C@H](C(C)C)NC(=O)[C@@H]1CCCN1C(=O)[C@@H](Cc1ccccc1)NC(=O)[C@H](CC(C)C)NC(=O)[C@H](CCCN=C(N)N)NC(=O)[C@H](C(C)C)NC2=O. The summed E-state index contributed by atoms with van der Waals surface area (Å²) in [6.07, 6.45) is 4.67. The van der Waals surface area contributed by atoms with Crippen LogP contribution < -0.4 is 60.2 Å². The minimum absolute atomic E-state index is 0.00490. The molecule has 15 N–H and O–H groups in total. The Hall–Kier alpha value is -8.20. The van der Waals surface area contributed by atoms with Gasteiger partial charge in [-0.25, -0.2) is 0 Å². The molecule has 7 rings (SSSR count). The molecule has 5 heterocycles. The number of ketones is 1. The highest BCUT2D eigenvalue weighted by atomic mass is 32.1. The molecule has 96 heavy (non-hydrogen) atoms. The second-order valence-corrected chi connectivity index (χ2v) is 29.8. The lowest BCUT2D eigenvalue weighted by Gasteiger charge is -2.32. The number of aryl methyl sites for hydroxylation is 2. The first-order valence-corrected chi connectivity index (χ1v) is 35.5. The summed E-state index contributed by atoms with van der Waals surface area (Å²) in [6.45, 7) is 19.1. The van der Waals surface area contributed by atoms with Crippen LogP contribution in [0.2, 0.25) is 0 Å². The lowest BCUT2D eigenvalue weighted by atomic mass is 9.96. The molecule has 4 bridgehead atoms. The average Bonchev–Trinajstić information content (AvgIpc) is 1.62. The average molecular weight is 1360 g/mol. The van der Waals surface area contributed by atoms with Gasteiger partial charge < -0.3 is 70.0 Å². The Morgan fingerprint density at radius 2 is 0.948 bits per heavy atom. The van der Waals surface area contributed by atoms with Gasteiger partial charge in [-0.1, -0.05) is 85.7 Å². The highest BCUT2D eigenvalue weighted by molar-refractivity contribution is 7.14. The number of nitrogens with zero attached hydrogens (tertiary/aromatic N) is 4. The van der Waals surface area contributed by atoms with Crippen LogP contribution >= 0.6 is 22.7 Å². The first-order chi connectivity index (χ1) is 45.5. The summed E-state index contributed by atoms with van der Waals surface area (Å²) in [4.78, 5) is 162. The van der Waals surface area contributed by atoms with Crippen LogP contribution in [0.4, 0.5) is 0 Å². The number of fused-ring (bicyclic) bond motifs is 8. The molecule has 0 radical (unpaired) electrons. The lowest BCUT2D eigenvalue weighted by Crippen LogP contribution is -2.61. The molecule has 1 aliphatic carbocycles. The second-order valence-electron chi connectivity index (χ2n) is 27.3. The number of carbonyl (C=O) groups excluding carboxylic acids is 10. The van der Waals surface area contributed by atoms with Crippen molar-refractivity contribution < 1.29 is 47.9 Å². The van der Waals surface area contributed by atoms with E-state index in [-0.39, 0.29) is 107 Å². The Morgan fingerprint density at radius 3 is 1.47 bits per heavy atom. The van der Waals surface area contributed by atoms with Crippen molar-refractivity contribution in [2.24, 2.45) is 56.6 Å². The normalized spacial score (nSPS) is 24.2. The molecular weight excluding hydrogens is 1260 g/mol. The van der Waals surface area contributed by atoms with Gasteiger partial charge >= 0.3 is 0 Å². The molecule has 9 atom stereocenters. The standard InChI is InChI=1S/C69H101N15O10S2/c1-36(2)31-49-61(88)80-51(33-42-19-12-11-13-20-42)67(94)84-30-18-26-53(84)62(89)81-56(38(5)6)64(91)77-48(24-16-28-75-69(72)73)60(87)79-50(32-37(3)4)66(93)83-29-17-25-52(83)58(85)54-34-45(40(9)95-54)43-21-14-22-44(43)46-35-55(96-41(46)10)63(90)82-57(39(7)8)65(92)76-47(59(86)78-49)23-15-27-74-68(70)71/h11-13,19-20,34-39,47-53,56-57H,14-18,21-33H2,1-10H3,(H,76,92)(H,77,91)(H,78,86)(H,79,87)(H,80,88)(H,81,89)(H,82,90)(H4,70,71,74)(H4,72,73,75)/t47-,48-,49-,50-,51+,52+,53-,56-,57-/m0/s1. The number of hydrogen-bond acceptors (Lipinski definition) is 14. The van der Waals surface area contributed by atoms with Gasteiger partial charge in [0.05, 0.1) is 15.8 Å². The summed E-state index contributed by atoms with van der Waals surface area (Å²) < 4.78 is 0. The number of carbonyl (C=O) groups is 10. The van der Waals surface area contributed by atoms with Gasteiger partial charge in [-0.05, 0) is 161 Å². The monoisotopic (exact) mass is 1360 g/mol. The number of nitrogens with one attached hydrogen (secondary N) is 7. The summed E-state index contributed by atoms with van der Waals surface area (Å²) in [6, 6.07) is 2.38. The largest absolute Gasteiger partial charge is 0.370 e. The molecule has 0 spiro atoms. The van der Waals surface area contributed by atoms with E-state index in [2.05, 4.69) is 47.2 Å². The third-order valence-corrected chi connectivity index (χ3v) is 20.2. The summed E-state index contributed by atoms with van der Waals surface area (Å²) in [5, 5.41) is 20.3. The molecule has 3 aromatic rings. The van der Waals surface area contributed by atoms with E-state index in [0.717, 1.165) is 44.9 Å². The molecule has 2 aromatic heterocycles. The van der Waals surface area contributed by atoms with E-state index in [0.29, 0.717) is 41.0 Å². The number of nitrogens with two attached hydrogens (primary N) is 4. The van der Waals surface area contributed by atoms with Gasteiger partial charge in [0.1, 0.15) is 48.3 Å². The van der Waals surface area contributed by atoms with Crippen molar-refractivity contribution in [3.63, 3.8) is 0 Å². The molecule has 27 heteroatoms. The third kappa shape index (κ3) is 20.0. The van der Waals surface area contributed by atoms with Crippen molar-refractivity contribution in [2.45, 2.75) is 214 Å². The van der Waals surface area contributed by atoms with Crippen LogP contribution in [0.25, 0.3) is 11.1 Å². The van der Waals surface area contributed by atoms with Crippen molar-refractivity contribution in [3.8, 4) is 0 Å². The van der Waals surface area contributed by atoms with Crippen molar-refractivity contribution in [1.29, 1.82) is 0 Å². The Balaban J connectivity index is 1.29. The molecular formula is C69H101N15O10S2. The van der Waals surface area contributed by atoms with Gasteiger partial charge in [-0.3, -0.25) is 57.9 Å². The van der Waals surface area contributed by atoms with E-state index < -0.39 is 119 Å². The number of rotatable bonds is 16. The maximum Gasteiger partial charge on any atom is 0.262 e. The zero-order valence-corrected chi connectivity index (χ0v) is 58.9. The predicted octanol–water partition coefficient (Wildman–Crippen LogP) is 4.46. The van der Waals surface area contributed by atoms with Crippen molar-refractivity contribution in [1.82, 2.24) is 47.0 Å². The molecule has 0 saturated carbocycles. The number of thiophene rings is 2. The summed E-state index contributed by atoms with van der Waals surface area (Å²) >= 11 is 2.65. The number of guanidine groups is 2. The number of hydrogen-bond donors (Lipinski definition) is 11. The fourth-order valence-corrected chi connectivity index (χ4v) is 15.2. The Morgan fingerprint density at radius 1 is 0.510 bits per heavy atom. The fourth-order valence-electron chi connectivity index (χ4n) is 13.2. The molecule has 2 saturated heterocycles. The quantitative estimate of drug-likeness (QED) is 0.0536. The maximum absolute atomic E-state index is 15.1. The molecule has 3 aliphatic heterocycles. The third-order valence-electron chi connectivity index (χ3n) is 18.0. The first kappa shape index (κ1) is 75.2. The molecule has 0 unspecified atom stereocenters. The van der Waals surface area contributed by atoms with Gasteiger partial charge in [0, 0.05) is 42.4 Å². The molecule has 25 nitrogen and oxygen atoms in total. The highest BCUT2D eigenvalue weighted by Gasteiger charge is 2.43. The van der Waals surface area contributed by atoms with Gasteiger partial charge in [0.2, 0.25) is 47.3 Å². The first-order valence-electron chi connectivity index (χ1n) is 33.9. The van der Waals surface area contributed by atoms with Crippen molar-refractivity contribution in [3.05, 3.63) is 78.7 Å². The van der Waals surface area contributed by atoms with Gasteiger partial charge in [0.25, 0.3) is 5.91 Å². The highest BCUT2D eigenvalue weighted by Crippen LogP contribution is 2.45. The van der Waals surface area contributed by atoms with Crippen LogP contribution in [-0.2, 0) is 44.8 Å². The zero-order chi connectivity index (χ0) is 70.2. The predicted molar refractivity (Wildman–Crippen MR) is 374 cm³/mol. The van der Waals surface area contributed by atoms with Crippen LogP contribution in [0.3, 0.4) is 0 Å².